The molecule has 1 amide bonds. The van der Waals surface area contributed by atoms with Gasteiger partial charge in [-0.1, -0.05) is 24.6 Å². The summed E-state index contributed by atoms with van der Waals surface area (Å²) in [5.74, 6) is -0.233. The molecule has 8 nitrogen and oxygen atoms in total. The lowest BCUT2D eigenvalue weighted by atomic mass is 10.1. The zero-order chi connectivity index (χ0) is 28.2. The number of alkyl halides is 3. The molecule has 12 heteroatoms. The third kappa shape index (κ3) is 9.47. The number of allylic oxidation sites excluding steroid dienone is 3. The van der Waals surface area contributed by atoms with Gasteiger partial charge in [0.1, 0.15) is 11.5 Å². The summed E-state index contributed by atoms with van der Waals surface area (Å²) in [7, 11) is 5.24. The van der Waals surface area contributed by atoms with E-state index in [1.54, 1.807) is 28.1 Å². The maximum Gasteiger partial charge on any atom is 0.416 e. The van der Waals surface area contributed by atoms with E-state index < -0.39 is 17.6 Å². The number of hydrogen-bond donors (Lipinski definition) is 4. The molecule has 0 atom stereocenters. The number of carbonyl (C=O) groups excluding carboxylic acids is 1. The Hall–Kier alpha value is -2.92. The zero-order valence-corrected chi connectivity index (χ0v) is 22.9. The van der Waals surface area contributed by atoms with Crippen molar-refractivity contribution in [2.45, 2.75) is 45.8 Å². The van der Waals surface area contributed by atoms with Gasteiger partial charge in [-0.3, -0.25) is 4.79 Å². The zero-order valence-electron chi connectivity index (χ0n) is 22.1. The number of halogens is 4. The Labute approximate surface area is 222 Å². The lowest BCUT2D eigenvalue weighted by Crippen LogP contribution is -2.41. The Morgan fingerprint density at radius 3 is 2.35 bits per heavy atom. The van der Waals surface area contributed by atoms with Crippen LogP contribution in [0.4, 0.5) is 13.2 Å². The molecule has 0 aliphatic heterocycles. The van der Waals surface area contributed by atoms with Crippen LogP contribution in [0.2, 0.25) is 5.02 Å². The number of hydrazone groups is 1. The summed E-state index contributed by atoms with van der Waals surface area (Å²) in [6.45, 7) is 8.56. The number of benzene rings is 1. The Morgan fingerprint density at radius 1 is 1.19 bits per heavy atom. The molecular formula is C25H38ClF3N6O2. The molecule has 1 aromatic rings. The summed E-state index contributed by atoms with van der Waals surface area (Å²) < 4.78 is 39.1. The first-order valence-electron chi connectivity index (χ1n) is 12.0. The average molecular weight is 547 g/mol. The fourth-order valence-electron chi connectivity index (χ4n) is 3.59. The minimum atomic E-state index is -4.53. The van der Waals surface area contributed by atoms with Crippen molar-refractivity contribution in [3.8, 4) is 0 Å². The molecule has 0 aliphatic carbocycles. The van der Waals surface area contributed by atoms with Gasteiger partial charge in [0.05, 0.1) is 12.1 Å². The standard InChI is InChI=1S/C25H38ClF3N6O2/c1-7-21(32-5)23(34(14-12-30-3)13-8-9-22(36)17(2)31-4)24(37)35(33-6)16-18-10-11-19(15-20(18)26)25(27,28)29/h10-11,15,30-32,36H,6-9,12-14,16H2,1-5H3/b22-17+,23-21+. The Balaban J connectivity index is 3.33. The highest BCUT2D eigenvalue weighted by molar-refractivity contribution is 6.31. The molecule has 0 spiro atoms. The summed E-state index contributed by atoms with van der Waals surface area (Å²) in [5.41, 5.74) is 1.13. The number of rotatable bonds is 15. The number of nitrogens with zero attached hydrogens (tertiary/aromatic N) is 3. The second kappa shape index (κ2) is 15.4. The predicted octanol–water partition coefficient (Wildman–Crippen LogP) is 4.45. The summed E-state index contributed by atoms with van der Waals surface area (Å²) in [5, 5.41) is 24.1. The summed E-state index contributed by atoms with van der Waals surface area (Å²) in [6.07, 6.45) is -3.03. The number of nitrogens with one attached hydrogen (secondary N) is 3. The van der Waals surface area contributed by atoms with Gasteiger partial charge in [0.2, 0.25) is 0 Å². The second-order valence-corrected chi connectivity index (χ2v) is 8.66. The number of amides is 1. The number of likely N-dealkylation sites (N-methyl/N-ethyl adjacent to an activating group) is 1. The SMILES string of the molecule is C=NN(Cc1ccc(C(F)(F)F)cc1Cl)C(=O)/C(=C(/CC)NC)N(CCC/C(O)=C(/C)NC)CCNC. The molecule has 0 fully saturated rings. The third-order valence-corrected chi connectivity index (χ3v) is 6.20. The smallest absolute Gasteiger partial charge is 0.416 e. The molecule has 0 aliphatic rings. The maximum absolute atomic E-state index is 13.8. The third-order valence-electron chi connectivity index (χ3n) is 5.85. The highest BCUT2D eigenvalue weighted by Gasteiger charge is 2.31. The molecule has 0 saturated carbocycles. The van der Waals surface area contributed by atoms with Crippen LogP contribution in [0.5, 0.6) is 0 Å². The van der Waals surface area contributed by atoms with Crippen molar-refractivity contribution >= 4 is 24.2 Å². The summed E-state index contributed by atoms with van der Waals surface area (Å²) >= 11 is 6.13. The average Bonchev–Trinajstić information content (AvgIpc) is 2.87. The predicted molar refractivity (Wildman–Crippen MR) is 142 cm³/mol. The molecule has 0 radical (unpaired) electrons. The molecule has 0 saturated heterocycles. The van der Waals surface area contributed by atoms with E-state index in [-0.39, 0.29) is 17.3 Å². The maximum atomic E-state index is 13.8. The van der Waals surface area contributed by atoms with Crippen LogP contribution in [0, 0.1) is 0 Å². The quantitative estimate of drug-likeness (QED) is 0.112. The van der Waals surface area contributed by atoms with Gasteiger partial charge >= 0.3 is 6.18 Å². The van der Waals surface area contributed by atoms with E-state index >= 15 is 0 Å². The van der Waals surface area contributed by atoms with Crippen molar-refractivity contribution in [3.63, 3.8) is 0 Å². The molecular weight excluding hydrogens is 509 g/mol. The van der Waals surface area contributed by atoms with Crippen LogP contribution in [0.3, 0.4) is 0 Å². The van der Waals surface area contributed by atoms with Crippen LogP contribution in [0.15, 0.2) is 46.2 Å². The van der Waals surface area contributed by atoms with Crippen molar-refractivity contribution in [2.75, 3.05) is 40.8 Å². The molecule has 208 valence electrons. The largest absolute Gasteiger partial charge is 0.511 e. The highest BCUT2D eigenvalue weighted by Crippen LogP contribution is 2.32. The van der Waals surface area contributed by atoms with Crippen molar-refractivity contribution < 1.29 is 23.1 Å². The number of hydrogen-bond acceptors (Lipinski definition) is 7. The van der Waals surface area contributed by atoms with Gasteiger partial charge in [-0.15, -0.1) is 0 Å². The van der Waals surface area contributed by atoms with Crippen molar-refractivity contribution in [1.29, 1.82) is 0 Å². The number of carbonyl (C=O) groups is 1. The van der Waals surface area contributed by atoms with Crippen LogP contribution >= 0.6 is 11.6 Å². The minimum absolute atomic E-state index is 0.125. The van der Waals surface area contributed by atoms with Gasteiger partial charge < -0.3 is 26.0 Å². The minimum Gasteiger partial charge on any atom is -0.511 e. The number of aliphatic hydroxyl groups excluding tert-OH is 1. The van der Waals surface area contributed by atoms with Gasteiger partial charge in [-0.2, -0.15) is 18.3 Å². The lowest BCUT2D eigenvalue weighted by molar-refractivity contribution is -0.137. The highest BCUT2D eigenvalue weighted by atomic mass is 35.5. The van der Waals surface area contributed by atoms with E-state index in [4.69, 9.17) is 11.6 Å². The van der Waals surface area contributed by atoms with E-state index in [1.807, 2.05) is 11.8 Å². The molecule has 1 aromatic carbocycles. The Morgan fingerprint density at radius 2 is 1.86 bits per heavy atom. The number of aliphatic hydroxyl groups is 1. The molecule has 4 N–H and O–H groups in total. The molecule has 0 heterocycles. The first-order valence-corrected chi connectivity index (χ1v) is 12.3. The monoisotopic (exact) mass is 546 g/mol. The van der Waals surface area contributed by atoms with Gasteiger partial charge in [-0.05, 0) is 44.5 Å². The van der Waals surface area contributed by atoms with Crippen LogP contribution < -0.4 is 16.0 Å². The lowest BCUT2D eigenvalue weighted by Gasteiger charge is -2.31. The van der Waals surface area contributed by atoms with Gasteiger partial charge in [0.25, 0.3) is 5.91 Å². The second-order valence-electron chi connectivity index (χ2n) is 8.25. The van der Waals surface area contributed by atoms with Crippen molar-refractivity contribution in [1.82, 2.24) is 25.9 Å². The van der Waals surface area contributed by atoms with Gasteiger partial charge in [0, 0.05) is 63.3 Å². The van der Waals surface area contributed by atoms with Crippen LogP contribution in [0.25, 0.3) is 0 Å². The first-order chi connectivity index (χ1) is 17.4. The molecule has 0 unspecified atom stereocenters. The summed E-state index contributed by atoms with van der Waals surface area (Å²) in [4.78, 5) is 15.7. The molecule has 1 rings (SSSR count). The molecule has 37 heavy (non-hydrogen) atoms. The molecule has 0 aromatic heterocycles. The first kappa shape index (κ1) is 32.1. The van der Waals surface area contributed by atoms with Gasteiger partial charge in [0.15, 0.2) is 0 Å². The van der Waals surface area contributed by atoms with E-state index in [2.05, 4.69) is 27.8 Å². The van der Waals surface area contributed by atoms with Crippen LogP contribution in [-0.4, -0.2) is 68.4 Å². The van der Waals surface area contributed by atoms with Crippen LogP contribution in [0.1, 0.15) is 44.2 Å². The normalized spacial score (nSPS) is 12.9. The Bertz CT molecular complexity index is 976. The summed E-state index contributed by atoms with van der Waals surface area (Å²) in [6, 6.07) is 2.98. The topological polar surface area (TPSA) is 92.2 Å². The molecule has 0 bridgehead atoms. The fourth-order valence-corrected chi connectivity index (χ4v) is 3.83. The Kier molecular flexibility index (Phi) is 13.3. The van der Waals surface area contributed by atoms with Gasteiger partial charge in [-0.25, -0.2) is 5.01 Å². The van der Waals surface area contributed by atoms with Crippen molar-refractivity contribution in [2.24, 2.45) is 5.10 Å². The van der Waals surface area contributed by atoms with Crippen molar-refractivity contribution in [3.05, 3.63) is 57.2 Å². The van der Waals surface area contributed by atoms with E-state index in [0.29, 0.717) is 61.6 Å². The fraction of sp³-hybridized carbons (Fsp3) is 0.520. The van der Waals surface area contributed by atoms with E-state index in [1.165, 1.54) is 6.07 Å². The van der Waals surface area contributed by atoms with Crippen LogP contribution in [-0.2, 0) is 17.5 Å². The van der Waals surface area contributed by atoms with E-state index in [9.17, 15) is 23.1 Å². The van der Waals surface area contributed by atoms with E-state index in [0.717, 1.165) is 17.1 Å².